The first kappa shape index (κ1) is 30.4. The van der Waals surface area contributed by atoms with Gasteiger partial charge in [0.1, 0.15) is 16.7 Å². The van der Waals surface area contributed by atoms with Crippen LogP contribution in [0.4, 0.5) is 13.2 Å². The number of nitrogens with two attached hydrogens (primary N) is 1. The molecule has 2 aromatic rings. The van der Waals surface area contributed by atoms with Crippen LogP contribution in [0, 0.1) is 5.41 Å². The van der Waals surface area contributed by atoms with Crippen LogP contribution in [0.15, 0.2) is 41.3 Å². The number of guanidine groups is 1. The predicted molar refractivity (Wildman–Crippen MR) is 131 cm³/mol. The number of halogens is 5. The van der Waals surface area contributed by atoms with Crippen LogP contribution in [0.2, 0.25) is 10.0 Å². The van der Waals surface area contributed by atoms with E-state index < -0.39 is 52.0 Å². The molecule has 3 rings (SSSR count). The molecule has 212 valence electrons. The molecule has 0 aliphatic carbocycles. The fraction of sp³-hybridized carbons (Fsp3) is 0.318. The van der Waals surface area contributed by atoms with E-state index in [2.05, 4.69) is 10.2 Å². The zero-order chi connectivity index (χ0) is 29.0. The Kier molecular flexibility index (Phi) is 9.66. The number of carbonyl (C=O) groups is 2. The van der Waals surface area contributed by atoms with Crippen LogP contribution < -0.4 is 16.0 Å². The quantitative estimate of drug-likeness (QED) is 0.0965. The summed E-state index contributed by atoms with van der Waals surface area (Å²) in [6.07, 6.45) is -5.49. The maximum atomic E-state index is 13.6. The lowest BCUT2D eigenvalue weighted by Crippen LogP contribution is -2.50. The van der Waals surface area contributed by atoms with Crippen molar-refractivity contribution in [2.24, 2.45) is 5.73 Å². The van der Waals surface area contributed by atoms with Gasteiger partial charge in [-0.25, -0.2) is 23.5 Å². The minimum Gasteiger partial charge on any atom is -0.493 e. The van der Waals surface area contributed by atoms with Crippen molar-refractivity contribution in [3.05, 3.63) is 57.6 Å². The first-order valence-corrected chi connectivity index (χ1v) is 13.2. The molecule has 0 saturated carbocycles. The highest BCUT2D eigenvalue weighted by Crippen LogP contribution is 2.37. The molecule has 11 nitrogen and oxygen atoms in total. The van der Waals surface area contributed by atoms with Crippen LogP contribution in [0.1, 0.15) is 17.5 Å². The van der Waals surface area contributed by atoms with Crippen LogP contribution in [0.5, 0.6) is 5.75 Å². The second-order valence-electron chi connectivity index (χ2n) is 8.02. The molecule has 0 spiro atoms. The Morgan fingerprint density at radius 2 is 1.79 bits per heavy atom. The molecule has 0 bridgehead atoms. The fourth-order valence-electron chi connectivity index (χ4n) is 3.59. The normalized spacial score (nSPS) is 15.8. The lowest BCUT2D eigenvalue weighted by atomic mass is 9.95. The highest BCUT2D eigenvalue weighted by molar-refractivity contribution is 7.89. The number of nitrogens with one attached hydrogen (secondary N) is 2. The molecule has 0 radical (unpaired) electrons. The molecular formula is C22H21Cl2F3N4O7S. The molecule has 1 atom stereocenters. The molecule has 1 heterocycles. The summed E-state index contributed by atoms with van der Waals surface area (Å²) >= 11 is 12.2. The van der Waals surface area contributed by atoms with Crippen molar-refractivity contribution in [2.75, 3.05) is 13.2 Å². The first-order valence-electron chi connectivity index (χ1n) is 11.0. The van der Waals surface area contributed by atoms with Crippen molar-refractivity contribution in [3.63, 3.8) is 0 Å². The summed E-state index contributed by atoms with van der Waals surface area (Å²) in [5.74, 6) is -4.53. The van der Waals surface area contributed by atoms with Gasteiger partial charge in [-0.05, 0) is 35.4 Å². The SMILES string of the molecule is N=C(N)NOCCCOc1ccc2c(c1)CN(S(=O)(=O)c1c(Cl)cccc1Cl)[C@H](C(=O)OC(=O)C(F)(F)F)C2. The summed E-state index contributed by atoms with van der Waals surface area (Å²) in [5.41, 5.74) is 8.04. The Hall–Kier alpha value is -3.11. The molecule has 0 fully saturated rings. The van der Waals surface area contributed by atoms with Gasteiger partial charge in [-0.15, -0.1) is 0 Å². The van der Waals surface area contributed by atoms with Crippen molar-refractivity contribution >= 4 is 51.1 Å². The van der Waals surface area contributed by atoms with Gasteiger partial charge in [-0.3, -0.25) is 10.2 Å². The van der Waals surface area contributed by atoms with E-state index in [1.165, 1.54) is 36.4 Å². The Morgan fingerprint density at radius 3 is 2.41 bits per heavy atom. The third-order valence-corrected chi connectivity index (χ3v) is 8.10. The molecule has 0 aromatic heterocycles. The number of carbonyl (C=O) groups excluding carboxylic acids is 2. The summed E-state index contributed by atoms with van der Waals surface area (Å²) in [4.78, 5) is 28.3. The van der Waals surface area contributed by atoms with Gasteiger partial charge in [-0.2, -0.15) is 17.5 Å². The van der Waals surface area contributed by atoms with Crippen molar-refractivity contribution in [2.45, 2.75) is 36.5 Å². The maximum absolute atomic E-state index is 13.6. The number of hydroxylamine groups is 1. The molecule has 0 saturated heterocycles. The van der Waals surface area contributed by atoms with E-state index in [0.717, 1.165) is 0 Å². The summed E-state index contributed by atoms with van der Waals surface area (Å²) in [7, 11) is -4.69. The minimum absolute atomic E-state index is 0.162. The van der Waals surface area contributed by atoms with Gasteiger partial charge in [0.2, 0.25) is 16.0 Å². The van der Waals surface area contributed by atoms with Crippen molar-refractivity contribution < 1.29 is 45.5 Å². The second kappa shape index (κ2) is 12.4. The lowest BCUT2D eigenvalue weighted by molar-refractivity contribution is -0.203. The van der Waals surface area contributed by atoms with Gasteiger partial charge in [-0.1, -0.05) is 35.3 Å². The van der Waals surface area contributed by atoms with Crippen molar-refractivity contribution in [3.8, 4) is 5.75 Å². The number of rotatable bonds is 9. The predicted octanol–water partition coefficient (Wildman–Crippen LogP) is 2.92. The second-order valence-corrected chi connectivity index (χ2v) is 10.7. The number of hydrogen-bond acceptors (Lipinski definition) is 8. The Morgan fingerprint density at radius 1 is 1.13 bits per heavy atom. The number of sulfonamides is 1. The molecular weight excluding hydrogens is 592 g/mol. The molecule has 4 N–H and O–H groups in total. The number of ether oxygens (including phenoxy) is 2. The smallest absolute Gasteiger partial charge is 0.491 e. The highest BCUT2D eigenvalue weighted by Gasteiger charge is 2.47. The highest BCUT2D eigenvalue weighted by atomic mass is 35.5. The van der Waals surface area contributed by atoms with E-state index in [9.17, 15) is 31.2 Å². The van der Waals surface area contributed by atoms with E-state index in [1.807, 2.05) is 0 Å². The fourth-order valence-corrected chi connectivity index (χ4v) is 6.24. The molecule has 2 aromatic carbocycles. The van der Waals surface area contributed by atoms with Crippen LogP contribution >= 0.6 is 23.2 Å². The van der Waals surface area contributed by atoms with Crippen LogP contribution in [-0.4, -0.2) is 56.1 Å². The van der Waals surface area contributed by atoms with Crippen molar-refractivity contribution in [1.29, 1.82) is 5.41 Å². The number of nitrogens with zero attached hydrogens (tertiary/aromatic N) is 1. The van der Waals surface area contributed by atoms with Gasteiger partial charge in [0.15, 0.2) is 0 Å². The topological polar surface area (TPSA) is 161 Å². The summed E-state index contributed by atoms with van der Waals surface area (Å²) in [5, 5.41) is 6.42. The van der Waals surface area contributed by atoms with Crippen LogP contribution in [0.25, 0.3) is 0 Å². The number of benzene rings is 2. The number of hydrogen-bond donors (Lipinski definition) is 3. The number of esters is 2. The molecule has 39 heavy (non-hydrogen) atoms. The zero-order valence-corrected chi connectivity index (χ0v) is 22.1. The summed E-state index contributed by atoms with van der Waals surface area (Å²) in [6.45, 7) is -0.165. The van der Waals surface area contributed by atoms with Gasteiger partial charge in [0, 0.05) is 19.4 Å². The van der Waals surface area contributed by atoms with Crippen molar-refractivity contribution in [1.82, 2.24) is 9.79 Å². The largest absolute Gasteiger partial charge is 0.493 e. The first-order chi connectivity index (χ1) is 18.2. The number of fused-ring (bicyclic) bond motifs is 1. The third-order valence-electron chi connectivity index (χ3n) is 5.29. The maximum Gasteiger partial charge on any atom is 0.491 e. The van der Waals surface area contributed by atoms with Gasteiger partial charge in [0.05, 0.1) is 23.3 Å². The molecule has 0 unspecified atom stereocenters. The molecule has 1 aliphatic rings. The Bertz CT molecular complexity index is 1360. The average molecular weight is 613 g/mol. The van der Waals surface area contributed by atoms with Crippen LogP contribution in [0.3, 0.4) is 0 Å². The Balaban J connectivity index is 1.90. The van der Waals surface area contributed by atoms with E-state index in [-0.39, 0.29) is 29.2 Å². The Labute approximate surface area is 230 Å². The standard InChI is InChI=1S/C22H21Cl2F3N4O7S/c23-15-3-1-4-16(24)18(15)39(34,35)31-11-13-9-14(36-7-2-8-37-30-21(28)29)6-5-12(13)10-17(31)19(32)38-20(33)22(25,26)27/h1,3-6,9,17H,2,7-8,10-11H2,(H4,28,29,30)/t17-/m0/s1. The monoisotopic (exact) mass is 612 g/mol. The third kappa shape index (κ3) is 7.51. The summed E-state index contributed by atoms with van der Waals surface area (Å²) < 4.78 is 75.6. The lowest BCUT2D eigenvalue weighted by Gasteiger charge is -2.34. The van der Waals surface area contributed by atoms with Crippen LogP contribution in [-0.2, 0) is 42.2 Å². The number of alkyl halides is 3. The van der Waals surface area contributed by atoms with E-state index in [1.54, 1.807) is 0 Å². The van der Waals surface area contributed by atoms with E-state index in [4.69, 9.17) is 43.9 Å². The molecule has 1 aliphatic heterocycles. The van der Waals surface area contributed by atoms with E-state index >= 15 is 0 Å². The minimum atomic E-state index is -5.47. The molecule has 0 amide bonds. The molecule has 17 heteroatoms. The van der Waals surface area contributed by atoms with Gasteiger partial charge in [0.25, 0.3) is 0 Å². The van der Waals surface area contributed by atoms with E-state index in [0.29, 0.717) is 27.6 Å². The van der Waals surface area contributed by atoms with Gasteiger partial charge >= 0.3 is 18.1 Å². The zero-order valence-electron chi connectivity index (χ0n) is 19.8. The average Bonchev–Trinajstić information content (AvgIpc) is 2.84. The van der Waals surface area contributed by atoms with Gasteiger partial charge < -0.3 is 15.2 Å². The summed E-state index contributed by atoms with van der Waals surface area (Å²) in [6, 6.07) is 6.55.